The van der Waals surface area contributed by atoms with Crippen molar-refractivity contribution in [3.63, 3.8) is 0 Å². The lowest BCUT2D eigenvalue weighted by molar-refractivity contribution is 0.288. The second-order valence-corrected chi connectivity index (χ2v) is 6.19. The third-order valence-electron chi connectivity index (χ3n) is 4.12. The van der Waals surface area contributed by atoms with Crippen LogP contribution in [-0.4, -0.2) is 46.4 Å². The van der Waals surface area contributed by atoms with Gasteiger partial charge in [-0.05, 0) is 32.0 Å². The maximum absolute atomic E-state index is 5.83. The molecule has 0 amide bonds. The van der Waals surface area contributed by atoms with Gasteiger partial charge in [0, 0.05) is 22.6 Å². The van der Waals surface area contributed by atoms with Crippen LogP contribution in [0.3, 0.4) is 0 Å². The summed E-state index contributed by atoms with van der Waals surface area (Å²) < 4.78 is 17.5. The van der Waals surface area contributed by atoms with Crippen LogP contribution < -0.4 is 19.9 Å². The Bertz CT molecular complexity index is 510. The molecule has 0 aliphatic carbocycles. The quantitative estimate of drug-likeness (QED) is 0.875. The van der Waals surface area contributed by atoms with E-state index in [1.807, 2.05) is 6.07 Å². The third-order valence-corrected chi connectivity index (χ3v) is 4.78. The average molecular weight is 359 g/mol. The van der Waals surface area contributed by atoms with Crippen LogP contribution in [0.2, 0.25) is 0 Å². The van der Waals surface area contributed by atoms with Crippen LogP contribution in [0, 0.1) is 5.92 Å². The molecule has 1 aliphatic heterocycles. The normalized spacial score (nSPS) is 22.4. The van der Waals surface area contributed by atoms with Crippen LogP contribution in [-0.2, 0) is 0 Å². The largest absolute Gasteiger partial charge is 0.493 e. The number of hydrogen-bond donors (Lipinski definition) is 1. The Morgan fingerprint density at radius 3 is 2.38 bits per heavy atom. The molecule has 2 rings (SSSR count). The molecule has 0 bridgehead atoms. The highest BCUT2D eigenvalue weighted by Crippen LogP contribution is 2.50. The number of nitrogens with zero attached hydrogens (tertiary/aromatic N) is 1. The van der Waals surface area contributed by atoms with Crippen molar-refractivity contribution < 1.29 is 14.2 Å². The number of benzene rings is 1. The van der Waals surface area contributed by atoms with Crippen molar-refractivity contribution in [1.82, 2.24) is 4.90 Å². The van der Waals surface area contributed by atoms with Gasteiger partial charge in [-0.15, -0.1) is 0 Å². The molecular formula is C15H23BrN2O3. The average Bonchev–Trinajstić information content (AvgIpc) is 2.86. The lowest BCUT2D eigenvalue weighted by Gasteiger charge is -2.25. The molecule has 1 fully saturated rings. The molecule has 2 unspecified atom stereocenters. The van der Waals surface area contributed by atoms with E-state index in [2.05, 4.69) is 27.9 Å². The highest BCUT2D eigenvalue weighted by molar-refractivity contribution is 9.10. The fourth-order valence-corrected chi connectivity index (χ4v) is 3.73. The Morgan fingerprint density at radius 1 is 1.24 bits per heavy atom. The second kappa shape index (κ2) is 6.85. The molecule has 2 N–H and O–H groups in total. The van der Waals surface area contributed by atoms with E-state index in [4.69, 9.17) is 19.9 Å². The monoisotopic (exact) mass is 358 g/mol. The molecule has 1 heterocycles. The van der Waals surface area contributed by atoms with Crippen LogP contribution >= 0.6 is 15.9 Å². The van der Waals surface area contributed by atoms with E-state index >= 15 is 0 Å². The zero-order chi connectivity index (χ0) is 15.6. The summed E-state index contributed by atoms with van der Waals surface area (Å²) in [5.41, 5.74) is 6.92. The van der Waals surface area contributed by atoms with Crippen LogP contribution in [0.1, 0.15) is 18.0 Å². The van der Waals surface area contributed by atoms with E-state index in [0.29, 0.717) is 24.0 Å². The summed E-state index contributed by atoms with van der Waals surface area (Å²) >= 11 is 3.65. The van der Waals surface area contributed by atoms with E-state index in [1.165, 1.54) is 0 Å². The van der Waals surface area contributed by atoms with Gasteiger partial charge in [0.15, 0.2) is 11.5 Å². The molecule has 0 saturated carbocycles. The molecule has 118 valence electrons. The van der Waals surface area contributed by atoms with Gasteiger partial charge in [-0.1, -0.05) is 15.9 Å². The highest BCUT2D eigenvalue weighted by atomic mass is 79.9. The summed E-state index contributed by atoms with van der Waals surface area (Å²) in [6, 6.07) is 2.18. The van der Waals surface area contributed by atoms with Crippen LogP contribution in [0.4, 0.5) is 0 Å². The maximum Gasteiger partial charge on any atom is 0.203 e. The van der Waals surface area contributed by atoms with E-state index < -0.39 is 0 Å². The number of ether oxygens (including phenoxy) is 3. The van der Waals surface area contributed by atoms with Crippen molar-refractivity contribution in [3.05, 3.63) is 16.1 Å². The molecule has 1 aromatic carbocycles. The first kappa shape index (κ1) is 16.4. The van der Waals surface area contributed by atoms with Crippen molar-refractivity contribution in [3.8, 4) is 17.2 Å². The fourth-order valence-electron chi connectivity index (χ4n) is 3.07. The number of nitrogens with two attached hydrogens (primary N) is 1. The number of methoxy groups -OCH3 is 3. The summed E-state index contributed by atoms with van der Waals surface area (Å²) in [7, 11) is 7.01. The molecular weight excluding hydrogens is 336 g/mol. The van der Waals surface area contributed by atoms with E-state index in [0.717, 1.165) is 28.8 Å². The number of rotatable bonds is 5. The van der Waals surface area contributed by atoms with E-state index in [9.17, 15) is 0 Å². The predicted octanol–water partition coefficient (Wildman–Crippen LogP) is 2.43. The Hall–Kier alpha value is -0.980. The summed E-state index contributed by atoms with van der Waals surface area (Å²) in [6.07, 6.45) is 1.01. The first-order valence-corrected chi connectivity index (χ1v) is 7.75. The molecule has 0 radical (unpaired) electrons. The van der Waals surface area contributed by atoms with E-state index in [-0.39, 0.29) is 6.04 Å². The molecule has 5 nitrogen and oxygen atoms in total. The van der Waals surface area contributed by atoms with Gasteiger partial charge in [0.1, 0.15) is 0 Å². The Balaban J connectivity index is 2.53. The molecule has 21 heavy (non-hydrogen) atoms. The van der Waals surface area contributed by atoms with Crippen LogP contribution in [0.15, 0.2) is 10.5 Å². The van der Waals surface area contributed by atoms with Crippen molar-refractivity contribution in [1.29, 1.82) is 0 Å². The Kier molecular flexibility index (Phi) is 5.35. The van der Waals surface area contributed by atoms with Crippen molar-refractivity contribution >= 4 is 15.9 Å². The van der Waals surface area contributed by atoms with Gasteiger partial charge < -0.3 is 19.9 Å². The fraction of sp³-hybridized carbons (Fsp3) is 0.600. The third kappa shape index (κ3) is 2.98. The molecule has 1 saturated heterocycles. The summed E-state index contributed by atoms with van der Waals surface area (Å²) in [6.45, 7) is 1.69. The number of likely N-dealkylation sites (tertiary alicyclic amines) is 1. The molecule has 1 aliphatic rings. The van der Waals surface area contributed by atoms with Crippen LogP contribution in [0.25, 0.3) is 0 Å². The van der Waals surface area contributed by atoms with Gasteiger partial charge in [0.05, 0.1) is 21.3 Å². The molecule has 2 atom stereocenters. The molecule has 1 aromatic rings. The lowest BCUT2D eigenvalue weighted by Crippen LogP contribution is -2.21. The minimum Gasteiger partial charge on any atom is -0.493 e. The lowest BCUT2D eigenvalue weighted by atomic mass is 9.98. The minimum atomic E-state index is 0.252. The van der Waals surface area contributed by atoms with Crippen molar-refractivity contribution in [2.75, 3.05) is 41.5 Å². The number of hydrogen-bond acceptors (Lipinski definition) is 5. The zero-order valence-corrected chi connectivity index (χ0v) is 14.6. The molecule has 0 aromatic heterocycles. The summed E-state index contributed by atoms with van der Waals surface area (Å²) in [5, 5.41) is 0. The predicted molar refractivity (Wildman–Crippen MR) is 86.3 cm³/mol. The van der Waals surface area contributed by atoms with Gasteiger partial charge in [-0.3, -0.25) is 4.90 Å². The van der Waals surface area contributed by atoms with Gasteiger partial charge in [-0.25, -0.2) is 0 Å². The van der Waals surface area contributed by atoms with Crippen LogP contribution in [0.5, 0.6) is 17.2 Å². The van der Waals surface area contributed by atoms with E-state index in [1.54, 1.807) is 21.3 Å². The second-order valence-electron chi connectivity index (χ2n) is 5.33. The minimum absolute atomic E-state index is 0.252. The van der Waals surface area contributed by atoms with Gasteiger partial charge in [0.25, 0.3) is 0 Å². The van der Waals surface area contributed by atoms with Gasteiger partial charge in [-0.2, -0.15) is 0 Å². The van der Waals surface area contributed by atoms with Crippen molar-refractivity contribution in [2.24, 2.45) is 11.7 Å². The highest BCUT2D eigenvalue weighted by Gasteiger charge is 2.35. The SMILES string of the molecule is COc1cc(Br)c(C2CC(CN)CN2C)c(OC)c1OC. The maximum atomic E-state index is 5.83. The smallest absolute Gasteiger partial charge is 0.203 e. The first-order valence-electron chi connectivity index (χ1n) is 6.96. The molecule has 0 spiro atoms. The summed E-state index contributed by atoms with van der Waals surface area (Å²) in [4.78, 5) is 2.31. The Morgan fingerprint density at radius 2 is 1.90 bits per heavy atom. The summed E-state index contributed by atoms with van der Waals surface area (Å²) in [5.74, 6) is 2.51. The standard InChI is InChI=1S/C15H23BrN2O3/c1-18-8-9(7-17)5-11(18)13-10(16)6-12(19-2)14(20-3)15(13)21-4/h6,9,11H,5,7-8,17H2,1-4H3. The Labute approximate surface area is 134 Å². The topological polar surface area (TPSA) is 57.0 Å². The first-order chi connectivity index (χ1) is 10.1. The van der Waals surface area contributed by atoms with Gasteiger partial charge >= 0.3 is 0 Å². The zero-order valence-electron chi connectivity index (χ0n) is 13.0. The molecule has 6 heteroatoms. The van der Waals surface area contributed by atoms with Crippen molar-refractivity contribution in [2.45, 2.75) is 12.5 Å². The number of halogens is 1. The van der Waals surface area contributed by atoms with Gasteiger partial charge in [0.2, 0.25) is 5.75 Å².